The van der Waals surface area contributed by atoms with Gasteiger partial charge in [0.25, 0.3) is 0 Å². The van der Waals surface area contributed by atoms with Crippen molar-refractivity contribution in [1.29, 1.82) is 0 Å². The van der Waals surface area contributed by atoms with E-state index in [1.165, 1.54) is 23.5 Å². The van der Waals surface area contributed by atoms with Gasteiger partial charge in [0, 0.05) is 0 Å². The zero-order valence-electron chi connectivity index (χ0n) is 8.45. The molecule has 4 nitrogen and oxygen atoms in total. The van der Waals surface area contributed by atoms with E-state index in [1.54, 1.807) is 0 Å². The maximum absolute atomic E-state index is 11.2. The Balaban J connectivity index is 3.07. The minimum atomic E-state index is -1.50. The summed E-state index contributed by atoms with van der Waals surface area (Å²) in [7, 11) is 1.14. The SMILES string of the molecule is COC(=O)C(C(=O)[O-])=C1SC(C)=C(C)S1. The highest BCUT2D eigenvalue weighted by Gasteiger charge is 2.24. The number of carboxylic acid groups (broad SMARTS) is 1. The molecule has 0 saturated carbocycles. The smallest absolute Gasteiger partial charge is 0.341 e. The Morgan fingerprint density at radius 3 is 2.00 bits per heavy atom. The summed E-state index contributed by atoms with van der Waals surface area (Å²) in [6, 6.07) is 0. The number of allylic oxidation sites excluding steroid dienone is 2. The van der Waals surface area contributed by atoms with Crippen LogP contribution in [0.3, 0.4) is 0 Å². The van der Waals surface area contributed by atoms with Crippen LogP contribution in [0.4, 0.5) is 0 Å². The fourth-order valence-corrected chi connectivity index (χ4v) is 3.44. The van der Waals surface area contributed by atoms with Crippen molar-refractivity contribution in [3.05, 3.63) is 19.6 Å². The first-order valence-corrected chi connectivity index (χ1v) is 5.67. The molecule has 0 aliphatic carbocycles. The molecule has 82 valence electrons. The molecule has 0 unspecified atom stereocenters. The quantitative estimate of drug-likeness (QED) is 0.311. The van der Waals surface area contributed by atoms with Crippen molar-refractivity contribution in [2.24, 2.45) is 0 Å². The summed E-state index contributed by atoms with van der Waals surface area (Å²) in [5, 5.41) is 10.8. The molecule has 0 aromatic rings. The Kier molecular flexibility index (Phi) is 3.87. The summed E-state index contributed by atoms with van der Waals surface area (Å²) < 4.78 is 4.81. The third kappa shape index (κ3) is 2.57. The van der Waals surface area contributed by atoms with E-state index in [2.05, 4.69) is 4.74 Å². The number of aliphatic carboxylic acids is 1. The van der Waals surface area contributed by atoms with Crippen molar-refractivity contribution >= 4 is 35.5 Å². The predicted octanol–water partition coefficient (Wildman–Crippen LogP) is 0.852. The van der Waals surface area contributed by atoms with E-state index < -0.39 is 17.5 Å². The number of methoxy groups -OCH3 is 1. The number of thioether (sulfide) groups is 2. The van der Waals surface area contributed by atoms with Gasteiger partial charge in [-0.3, -0.25) is 0 Å². The Labute approximate surface area is 95.8 Å². The van der Waals surface area contributed by atoms with E-state index in [4.69, 9.17) is 0 Å². The van der Waals surface area contributed by atoms with Gasteiger partial charge in [0.15, 0.2) is 0 Å². The molecule has 0 N–H and O–H groups in total. The van der Waals surface area contributed by atoms with Crippen LogP contribution in [0.1, 0.15) is 13.8 Å². The lowest BCUT2D eigenvalue weighted by Gasteiger charge is -2.08. The number of rotatable bonds is 2. The second-order valence-corrected chi connectivity index (χ2v) is 5.47. The lowest BCUT2D eigenvalue weighted by Crippen LogP contribution is -2.29. The van der Waals surface area contributed by atoms with Crippen molar-refractivity contribution in [2.45, 2.75) is 13.8 Å². The molecule has 1 heterocycles. The van der Waals surface area contributed by atoms with E-state index in [0.29, 0.717) is 4.24 Å². The topological polar surface area (TPSA) is 66.4 Å². The summed E-state index contributed by atoms with van der Waals surface area (Å²) in [5.41, 5.74) is -0.399. The number of esters is 1. The molecular formula is C9H9O4S2-. The fraction of sp³-hybridized carbons (Fsp3) is 0.333. The summed E-state index contributed by atoms with van der Waals surface area (Å²) in [6.07, 6.45) is 0. The third-order valence-corrected chi connectivity index (χ3v) is 4.42. The molecule has 0 radical (unpaired) electrons. The van der Waals surface area contributed by atoms with Gasteiger partial charge in [-0.05, 0) is 23.7 Å². The van der Waals surface area contributed by atoms with Crippen molar-refractivity contribution in [3.63, 3.8) is 0 Å². The van der Waals surface area contributed by atoms with E-state index in [0.717, 1.165) is 16.9 Å². The van der Waals surface area contributed by atoms with Gasteiger partial charge in [-0.25, -0.2) is 4.79 Å². The number of carboxylic acids is 1. The largest absolute Gasteiger partial charge is 0.544 e. The number of carbonyl (C=O) groups excluding carboxylic acids is 2. The van der Waals surface area contributed by atoms with Crippen molar-refractivity contribution in [1.82, 2.24) is 0 Å². The molecule has 0 fully saturated rings. The normalized spacial score (nSPS) is 15.5. The number of hydrogen-bond acceptors (Lipinski definition) is 6. The van der Waals surface area contributed by atoms with Crippen LogP contribution in [0.5, 0.6) is 0 Å². The van der Waals surface area contributed by atoms with Gasteiger partial charge in [0.1, 0.15) is 5.57 Å². The van der Waals surface area contributed by atoms with Gasteiger partial charge < -0.3 is 14.6 Å². The number of hydrogen-bond donors (Lipinski definition) is 0. The van der Waals surface area contributed by atoms with Crippen molar-refractivity contribution < 1.29 is 19.4 Å². The minimum Gasteiger partial charge on any atom is -0.544 e. The second kappa shape index (κ2) is 4.76. The molecule has 15 heavy (non-hydrogen) atoms. The van der Waals surface area contributed by atoms with Crippen LogP contribution < -0.4 is 5.11 Å². The Hall–Kier alpha value is -0.880. The van der Waals surface area contributed by atoms with Gasteiger partial charge in [-0.1, -0.05) is 23.5 Å². The van der Waals surface area contributed by atoms with E-state index in [-0.39, 0.29) is 0 Å². The molecule has 0 spiro atoms. The van der Waals surface area contributed by atoms with Crippen LogP contribution in [-0.4, -0.2) is 19.0 Å². The summed E-state index contributed by atoms with van der Waals surface area (Å²) in [4.78, 5) is 24.0. The zero-order valence-corrected chi connectivity index (χ0v) is 10.1. The van der Waals surface area contributed by atoms with E-state index >= 15 is 0 Å². The highest BCUT2D eigenvalue weighted by molar-refractivity contribution is 8.28. The monoisotopic (exact) mass is 245 g/mol. The molecule has 0 amide bonds. The van der Waals surface area contributed by atoms with Crippen LogP contribution in [0.25, 0.3) is 0 Å². The molecule has 0 aromatic heterocycles. The fourth-order valence-electron chi connectivity index (χ4n) is 0.897. The molecule has 6 heteroatoms. The average Bonchev–Trinajstić information content (AvgIpc) is 2.46. The van der Waals surface area contributed by atoms with Gasteiger partial charge >= 0.3 is 5.97 Å². The maximum atomic E-state index is 11.2. The summed E-state index contributed by atoms with van der Waals surface area (Å²) in [5.74, 6) is -2.37. The van der Waals surface area contributed by atoms with Crippen LogP contribution in [0.2, 0.25) is 0 Å². The Bertz CT molecular complexity index is 366. The van der Waals surface area contributed by atoms with Crippen LogP contribution in [-0.2, 0) is 14.3 Å². The minimum absolute atomic E-state index is 0.399. The van der Waals surface area contributed by atoms with Crippen LogP contribution in [0.15, 0.2) is 19.6 Å². The Morgan fingerprint density at radius 1 is 1.20 bits per heavy atom. The molecule has 1 aliphatic heterocycles. The molecule has 1 aliphatic rings. The molecule has 0 atom stereocenters. The first-order chi connectivity index (χ1) is 6.97. The second-order valence-electron chi connectivity index (χ2n) is 2.76. The lowest BCUT2D eigenvalue weighted by atomic mass is 10.3. The van der Waals surface area contributed by atoms with Gasteiger partial charge in [-0.15, -0.1) is 0 Å². The first-order valence-electron chi connectivity index (χ1n) is 4.04. The molecule has 0 aromatic carbocycles. The van der Waals surface area contributed by atoms with Crippen molar-refractivity contribution in [3.8, 4) is 0 Å². The highest BCUT2D eigenvalue weighted by atomic mass is 32.2. The van der Waals surface area contributed by atoms with Gasteiger partial charge in [0.2, 0.25) is 0 Å². The molecule has 1 rings (SSSR count). The molecule has 0 saturated heterocycles. The van der Waals surface area contributed by atoms with Gasteiger partial charge in [-0.2, -0.15) is 0 Å². The van der Waals surface area contributed by atoms with E-state index in [9.17, 15) is 14.7 Å². The van der Waals surface area contributed by atoms with Crippen LogP contribution >= 0.6 is 23.5 Å². The standard InChI is InChI=1S/C9H10O4S2/c1-4-5(2)15-9(14-4)6(7(10)11)8(12)13-3/h1-3H3,(H,10,11)/p-1. The van der Waals surface area contributed by atoms with Crippen molar-refractivity contribution in [2.75, 3.05) is 7.11 Å². The average molecular weight is 245 g/mol. The Morgan fingerprint density at radius 2 is 1.67 bits per heavy atom. The third-order valence-electron chi connectivity index (χ3n) is 1.79. The molecule has 0 bridgehead atoms. The highest BCUT2D eigenvalue weighted by Crippen LogP contribution is 2.49. The van der Waals surface area contributed by atoms with E-state index in [1.807, 2.05) is 13.8 Å². The maximum Gasteiger partial charge on any atom is 0.341 e. The summed E-state index contributed by atoms with van der Waals surface area (Å²) in [6.45, 7) is 3.73. The summed E-state index contributed by atoms with van der Waals surface area (Å²) >= 11 is 2.51. The van der Waals surface area contributed by atoms with Gasteiger partial charge in [0.05, 0.1) is 17.3 Å². The molecular weight excluding hydrogens is 236 g/mol. The first kappa shape index (κ1) is 12.2. The predicted molar refractivity (Wildman–Crippen MR) is 57.6 cm³/mol. The number of ether oxygens (including phenoxy) is 1. The lowest BCUT2D eigenvalue weighted by molar-refractivity contribution is -0.299. The number of carbonyl (C=O) groups is 2. The zero-order chi connectivity index (χ0) is 11.6. The van der Waals surface area contributed by atoms with Crippen LogP contribution in [0, 0.1) is 0 Å².